The summed E-state index contributed by atoms with van der Waals surface area (Å²) in [5, 5.41) is 12.8. The van der Waals surface area contributed by atoms with Gasteiger partial charge in [0.05, 0.1) is 7.11 Å². The number of methoxy groups -OCH3 is 1. The van der Waals surface area contributed by atoms with Crippen LogP contribution >= 0.6 is 0 Å². The van der Waals surface area contributed by atoms with Gasteiger partial charge in [-0.1, -0.05) is 18.2 Å². The number of carbonyl (C=O) groups is 1. The quantitative estimate of drug-likeness (QED) is 0.844. The van der Waals surface area contributed by atoms with E-state index in [0.717, 1.165) is 0 Å². The Labute approximate surface area is 144 Å². The highest BCUT2D eigenvalue weighted by atomic mass is 19.1. The molecule has 3 rings (SSSR count). The van der Waals surface area contributed by atoms with Crippen LogP contribution in [0.3, 0.4) is 0 Å². The van der Waals surface area contributed by atoms with E-state index in [0.29, 0.717) is 30.7 Å². The number of benzene rings is 2. The summed E-state index contributed by atoms with van der Waals surface area (Å²) in [7, 11) is 1.47. The molecule has 0 spiro atoms. The molecule has 1 fully saturated rings. The first kappa shape index (κ1) is 17.2. The van der Waals surface area contributed by atoms with Crippen LogP contribution in [0.2, 0.25) is 0 Å². The number of hydrogen-bond donors (Lipinski definition) is 2. The van der Waals surface area contributed by atoms with Crippen molar-refractivity contribution in [2.75, 3.05) is 13.7 Å². The van der Waals surface area contributed by atoms with E-state index in [-0.39, 0.29) is 17.2 Å². The van der Waals surface area contributed by atoms with E-state index in [2.05, 4.69) is 5.32 Å². The third-order valence-electron chi connectivity index (χ3n) is 4.49. The molecule has 0 saturated heterocycles. The third kappa shape index (κ3) is 3.57. The lowest BCUT2D eigenvalue weighted by molar-refractivity contribution is -0.122. The molecular weight excluding hydrogens is 328 g/mol. The number of aromatic hydroxyl groups is 1. The summed E-state index contributed by atoms with van der Waals surface area (Å²) >= 11 is 0. The fourth-order valence-corrected chi connectivity index (χ4v) is 3.05. The summed E-state index contributed by atoms with van der Waals surface area (Å²) in [5.41, 5.74) is 0.653. The Balaban J connectivity index is 1.55. The van der Waals surface area contributed by atoms with Crippen molar-refractivity contribution >= 4 is 5.91 Å². The van der Waals surface area contributed by atoms with Crippen molar-refractivity contribution in [2.24, 2.45) is 5.92 Å². The fourth-order valence-electron chi connectivity index (χ4n) is 3.05. The highest BCUT2D eigenvalue weighted by Crippen LogP contribution is 2.49. The molecule has 2 aromatic carbocycles. The van der Waals surface area contributed by atoms with Crippen molar-refractivity contribution in [2.45, 2.75) is 18.8 Å². The minimum atomic E-state index is -0.610. The van der Waals surface area contributed by atoms with E-state index in [1.807, 2.05) is 0 Å². The van der Waals surface area contributed by atoms with E-state index in [1.165, 1.54) is 25.3 Å². The Hall–Kier alpha value is -2.63. The van der Waals surface area contributed by atoms with Crippen LogP contribution in [0, 0.1) is 17.6 Å². The molecule has 0 heterocycles. The van der Waals surface area contributed by atoms with Gasteiger partial charge in [0.1, 0.15) is 11.6 Å². The van der Waals surface area contributed by atoms with Crippen molar-refractivity contribution in [3.05, 3.63) is 59.2 Å². The number of amides is 1. The van der Waals surface area contributed by atoms with Gasteiger partial charge in [0.2, 0.25) is 5.91 Å². The highest BCUT2D eigenvalue weighted by molar-refractivity contribution is 5.82. The van der Waals surface area contributed by atoms with E-state index < -0.39 is 23.5 Å². The lowest BCUT2D eigenvalue weighted by atomic mass is 10.1. The summed E-state index contributed by atoms with van der Waals surface area (Å²) < 4.78 is 32.5. The first-order chi connectivity index (χ1) is 12.0. The normalized spacial score (nSPS) is 18.7. The maximum absolute atomic E-state index is 13.8. The van der Waals surface area contributed by atoms with Gasteiger partial charge in [0, 0.05) is 23.9 Å². The number of phenols is 1. The summed E-state index contributed by atoms with van der Waals surface area (Å²) in [6.45, 7) is 0.322. The van der Waals surface area contributed by atoms with Crippen LogP contribution in [-0.4, -0.2) is 24.7 Å². The average molecular weight is 347 g/mol. The van der Waals surface area contributed by atoms with Gasteiger partial charge in [-0.05, 0) is 36.6 Å². The molecule has 0 bridgehead atoms. The van der Waals surface area contributed by atoms with Gasteiger partial charge < -0.3 is 15.2 Å². The number of halogens is 2. The zero-order valence-electron chi connectivity index (χ0n) is 13.8. The van der Waals surface area contributed by atoms with E-state index in [4.69, 9.17) is 4.74 Å². The Morgan fingerprint density at radius 1 is 1.24 bits per heavy atom. The Bertz CT molecular complexity index is 774. The molecule has 0 unspecified atom stereocenters. The van der Waals surface area contributed by atoms with Crippen molar-refractivity contribution in [3.63, 3.8) is 0 Å². The minimum absolute atomic E-state index is 0.00640. The summed E-state index contributed by atoms with van der Waals surface area (Å²) in [6, 6.07) is 8.88. The van der Waals surface area contributed by atoms with Gasteiger partial charge in [-0.25, -0.2) is 8.78 Å². The molecule has 0 aliphatic heterocycles. The van der Waals surface area contributed by atoms with Crippen molar-refractivity contribution in [1.29, 1.82) is 0 Å². The number of rotatable bonds is 6. The molecule has 4 nitrogen and oxygen atoms in total. The smallest absolute Gasteiger partial charge is 0.223 e. The highest BCUT2D eigenvalue weighted by Gasteiger charge is 2.46. The van der Waals surface area contributed by atoms with Crippen LogP contribution < -0.4 is 10.1 Å². The summed E-state index contributed by atoms with van der Waals surface area (Å²) in [4.78, 5) is 12.2. The molecule has 1 aliphatic rings. The van der Waals surface area contributed by atoms with Gasteiger partial charge in [0.15, 0.2) is 11.5 Å². The van der Waals surface area contributed by atoms with Crippen LogP contribution in [0.4, 0.5) is 8.78 Å². The van der Waals surface area contributed by atoms with Crippen LogP contribution in [-0.2, 0) is 11.2 Å². The second-order valence-corrected chi connectivity index (χ2v) is 6.09. The maximum Gasteiger partial charge on any atom is 0.223 e. The second-order valence-electron chi connectivity index (χ2n) is 6.09. The fraction of sp³-hybridized carbons (Fsp3) is 0.316. The van der Waals surface area contributed by atoms with E-state index >= 15 is 0 Å². The number of para-hydroxylation sites is 1. The Morgan fingerprint density at radius 3 is 2.60 bits per heavy atom. The molecular formula is C19H19F2NO3. The largest absolute Gasteiger partial charge is 0.504 e. The lowest BCUT2D eigenvalue weighted by Crippen LogP contribution is -2.27. The molecule has 2 aromatic rings. The molecule has 2 atom stereocenters. The molecule has 1 aliphatic carbocycles. The monoisotopic (exact) mass is 347 g/mol. The van der Waals surface area contributed by atoms with Gasteiger partial charge in [-0.15, -0.1) is 0 Å². The second kappa shape index (κ2) is 7.09. The molecule has 0 radical (unpaired) electrons. The summed E-state index contributed by atoms with van der Waals surface area (Å²) in [5.74, 6) is -1.84. The van der Waals surface area contributed by atoms with Crippen LogP contribution in [0.15, 0.2) is 36.4 Å². The molecule has 1 saturated carbocycles. The van der Waals surface area contributed by atoms with Crippen molar-refractivity contribution < 1.29 is 23.4 Å². The molecule has 2 N–H and O–H groups in total. The molecule has 1 amide bonds. The Morgan fingerprint density at radius 2 is 1.92 bits per heavy atom. The topological polar surface area (TPSA) is 58.6 Å². The first-order valence-electron chi connectivity index (χ1n) is 8.09. The molecule has 132 valence electrons. The SMILES string of the molecule is COc1cccc(CCNC(=O)[C@@H]2C[C@@H]2c2c(F)cccc2F)c1O. The number of hydrogen-bond acceptors (Lipinski definition) is 3. The van der Waals surface area contributed by atoms with Gasteiger partial charge >= 0.3 is 0 Å². The third-order valence-corrected chi connectivity index (χ3v) is 4.49. The van der Waals surface area contributed by atoms with Crippen molar-refractivity contribution in [1.82, 2.24) is 5.32 Å². The minimum Gasteiger partial charge on any atom is -0.504 e. The first-order valence-corrected chi connectivity index (χ1v) is 8.09. The van der Waals surface area contributed by atoms with Gasteiger partial charge in [-0.2, -0.15) is 0 Å². The number of nitrogens with one attached hydrogen (secondary N) is 1. The van der Waals surface area contributed by atoms with Gasteiger partial charge in [-0.3, -0.25) is 4.79 Å². The molecule has 0 aromatic heterocycles. The summed E-state index contributed by atoms with van der Waals surface area (Å²) in [6.07, 6.45) is 0.869. The van der Waals surface area contributed by atoms with Crippen LogP contribution in [0.25, 0.3) is 0 Å². The van der Waals surface area contributed by atoms with E-state index in [1.54, 1.807) is 18.2 Å². The average Bonchev–Trinajstić information content (AvgIpc) is 3.36. The predicted molar refractivity (Wildman–Crippen MR) is 88.6 cm³/mol. The zero-order chi connectivity index (χ0) is 18.0. The molecule has 25 heavy (non-hydrogen) atoms. The predicted octanol–water partition coefficient (Wildman–Crippen LogP) is 3.14. The van der Waals surface area contributed by atoms with Crippen LogP contribution in [0.5, 0.6) is 11.5 Å². The Kier molecular flexibility index (Phi) is 4.88. The number of ether oxygens (including phenoxy) is 1. The van der Waals surface area contributed by atoms with Crippen molar-refractivity contribution in [3.8, 4) is 11.5 Å². The zero-order valence-corrected chi connectivity index (χ0v) is 13.8. The van der Waals surface area contributed by atoms with E-state index in [9.17, 15) is 18.7 Å². The number of carbonyl (C=O) groups excluding carboxylic acids is 1. The molecule has 6 heteroatoms. The number of phenolic OH excluding ortho intramolecular Hbond substituents is 1. The lowest BCUT2D eigenvalue weighted by Gasteiger charge is -2.10. The van der Waals surface area contributed by atoms with Gasteiger partial charge in [0.25, 0.3) is 0 Å². The maximum atomic E-state index is 13.8. The standard InChI is InChI=1S/C19H19F2NO3/c1-25-16-7-2-4-11(18(16)23)8-9-22-19(24)13-10-12(13)17-14(20)5-3-6-15(17)21/h2-7,12-13,23H,8-10H2,1H3,(H,22,24)/t12-,13+/m0/s1. The van der Waals surface area contributed by atoms with Crippen LogP contribution in [0.1, 0.15) is 23.5 Å².